The molecule has 146 valence electrons. The van der Waals surface area contributed by atoms with Gasteiger partial charge in [-0.3, -0.25) is 4.72 Å². The van der Waals surface area contributed by atoms with Crippen LogP contribution in [0.1, 0.15) is 24.7 Å². The molecular formula is C17H15ClFN5O3S. The van der Waals surface area contributed by atoms with E-state index in [-0.39, 0.29) is 39.6 Å². The maximum Gasteiger partial charge on any atom is 0.229 e. The van der Waals surface area contributed by atoms with E-state index in [4.69, 9.17) is 21.8 Å². The maximum absolute atomic E-state index is 15.1. The molecule has 0 atom stereocenters. The van der Waals surface area contributed by atoms with E-state index in [2.05, 4.69) is 19.7 Å². The molecule has 11 heteroatoms. The molecule has 8 nitrogen and oxygen atoms in total. The smallest absolute Gasteiger partial charge is 0.229 e. The highest BCUT2D eigenvalue weighted by atomic mass is 35.5. The number of hydrogen-bond acceptors (Lipinski definition) is 7. The summed E-state index contributed by atoms with van der Waals surface area (Å²) in [5.41, 5.74) is 5.86. The number of nitrogens with one attached hydrogen (secondary N) is 1. The number of oxazole rings is 1. The number of nitrogen functional groups attached to an aromatic ring is 1. The van der Waals surface area contributed by atoms with Crippen molar-refractivity contribution >= 4 is 33.3 Å². The maximum atomic E-state index is 15.1. The van der Waals surface area contributed by atoms with E-state index in [0.717, 1.165) is 19.1 Å². The highest BCUT2D eigenvalue weighted by Gasteiger charge is 2.32. The third kappa shape index (κ3) is 3.78. The molecule has 0 radical (unpaired) electrons. The molecule has 4 rings (SSSR count). The fourth-order valence-corrected chi connectivity index (χ4v) is 3.50. The second kappa shape index (κ2) is 6.71. The number of nitrogens with two attached hydrogens (primary N) is 1. The van der Waals surface area contributed by atoms with Crippen molar-refractivity contribution in [2.24, 2.45) is 0 Å². The van der Waals surface area contributed by atoms with E-state index in [1.54, 1.807) is 6.07 Å². The molecule has 1 aliphatic rings. The lowest BCUT2D eigenvalue weighted by molar-refractivity contribution is 0.508. The molecule has 1 fully saturated rings. The van der Waals surface area contributed by atoms with Gasteiger partial charge in [0.15, 0.2) is 17.5 Å². The van der Waals surface area contributed by atoms with Crippen molar-refractivity contribution in [1.82, 2.24) is 15.0 Å². The van der Waals surface area contributed by atoms with Crippen molar-refractivity contribution in [2.75, 3.05) is 16.7 Å². The van der Waals surface area contributed by atoms with Gasteiger partial charge in [-0.05, 0) is 31.0 Å². The highest BCUT2D eigenvalue weighted by Crippen LogP contribution is 2.44. The normalized spacial score (nSPS) is 14.2. The van der Waals surface area contributed by atoms with Crippen LogP contribution < -0.4 is 10.5 Å². The number of hydrogen-bond donors (Lipinski definition) is 2. The lowest BCUT2D eigenvalue weighted by Crippen LogP contribution is -2.11. The van der Waals surface area contributed by atoms with E-state index in [0.29, 0.717) is 11.6 Å². The van der Waals surface area contributed by atoms with E-state index in [1.807, 2.05) is 0 Å². The Bertz CT molecular complexity index is 1180. The van der Waals surface area contributed by atoms with Crippen LogP contribution in [0.5, 0.6) is 0 Å². The summed E-state index contributed by atoms with van der Waals surface area (Å²) in [6.07, 6.45) is 4.21. The molecule has 0 unspecified atom stereocenters. The number of rotatable bonds is 5. The van der Waals surface area contributed by atoms with Crippen molar-refractivity contribution in [3.63, 3.8) is 0 Å². The average Bonchev–Trinajstić information content (AvgIpc) is 3.35. The first kappa shape index (κ1) is 18.6. The quantitative estimate of drug-likeness (QED) is 0.644. The minimum absolute atomic E-state index is 0.0125. The monoisotopic (exact) mass is 423 g/mol. The highest BCUT2D eigenvalue weighted by molar-refractivity contribution is 7.92. The van der Waals surface area contributed by atoms with Gasteiger partial charge in [-0.25, -0.2) is 27.8 Å². The first-order valence-electron chi connectivity index (χ1n) is 8.28. The molecule has 2 heterocycles. The van der Waals surface area contributed by atoms with Crippen LogP contribution in [-0.2, 0) is 10.0 Å². The predicted octanol–water partition coefficient (Wildman–Crippen LogP) is 3.42. The SMILES string of the molecule is CS(=O)(=O)Nc1cc(Cl)cc(-c2nc(C3CC3)oc2-c2ccnc(N)n2)c1F. The summed E-state index contributed by atoms with van der Waals surface area (Å²) >= 11 is 6.10. The van der Waals surface area contributed by atoms with E-state index >= 15 is 4.39 Å². The van der Waals surface area contributed by atoms with E-state index in [9.17, 15) is 8.42 Å². The molecule has 0 spiro atoms. The van der Waals surface area contributed by atoms with Crippen molar-refractivity contribution in [3.05, 3.63) is 41.1 Å². The van der Waals surface area contributed by atoms with E-state index < -0.39 is 15.8 Å². The fraction of sp³-hybridized carbons (Fsp3) is 0.235. The molecule has 0 saturated heterocycles. The molecule has 2 aromatic heterocycles. The van der Waals surface area contributed by atoms with Crippen molar-refractivity contribution in [3.8, 4) is 22.7 Å². The molecule has 3 N–H and O–H groups in total. The lowest BCUT2D eigenvalue weighted by Gasteiger charge is -2.10. The van der Waals surface area contributed by atoms with Crippen molar-refractivity contribution in [2.45, 2.75) is 18.8 Å². The van der Waals surface area contributed by atoms with Crippen LogP contribution in [-0.4, -0.2) is 29.6 Å². The topological polar surface area (TPSA) is 124 Å². The van der Waals surface area contributed by atoms with Gasteiger partial charge in [0.2, 0.25) is 16.0 Å². The Hall–Kier alpha value is -2.72. The van der Waals surface area contributed by atoms with Crippen LogP contribution in [0.25, 0.3) is 22.7 Å². The number of nitrogens with zero attached hydrogens (tertiary/aromatic N) is 3. The Morgan fingerprint density at radius 1 is 1.32 bits per heavy atom. The van der Waals surface area contributed by atoms with Gasteiger partial charge in [-0.15, -0.1) is 0 Å². The summed E-state index contributed by atoms with van der Waals surface area (Å²) in [7, 11) is -3.71. The van der Waals surface area contributed by atoms with Crippen LogP contribution in [0.15, 0.2) is 28.8 Å². The number of sulfonamides is 1. The number of aromatic nitrogens is 3. The summed E-state index contributed by atoms with van der Waals surface area (Å²) in [6, 6.07) is 4.10. The zero-order chi connectivity index (χ0) is 20.1. The molecular weight excluding hydrogens is 409 g/mol. The predicted molar refractivity (Wildman–Crippen MR) is 103 cm³/mol. The summed E-state index contributed by atoms with van der Waals surface area (Å²) in [4.78, 5) is 12.4. The second-order valence-corrected chi connectivity index (χ2v) is 8.68. The first-order valence-corrected chi connectivity index (χ1v) is 10.5. The molecule has 1 saturated carbocycles. The van der Waals surface area contributed by atoms with Gasteiger partial charge in [-0.2, -0.15) is 0 Å². The zero-order valence-corrected chi connectivity index (χ0v) is 16.2. The fourth-order valence-electron chi connectivity index (χ4n) is 2.73. The van der Waals surface area contributed by atoms with Gasteiger partial charge in [0, 0.05) is 22.7 Å². The van der Waals surface area contributed by atoms with Gasteiger partial charge in [-0.1, -0.05) is 11.6 Å². The minimum atomic E-state index is -3.71. The van der Waals surface area contributed by atoms with Crippen LogP contribution in [0, 0.1) is 5.82 Å². The average molecular weight is 424 g/mol. The standard InChI is InChI=1S/C17H15ClFN5O3S/c1-28(25,26)24-12-7-9(18)6-10(13(12)19)14-15(11-4-5-21-17(20)22-11)27-16(23-14)8-2-3-8/h4-8,24H,2-3H2,1H3,(H2,20,21,22). The van der Waals surface area contributed by atoms with Crippen LogP contribution in [0.3, 0.4) is 0 Å². The number of anilines is 2. The molecule has 1 aromatic carbocycles. The van der Waals surface area contributed by atoms with Gasteiger partial charge in [0.25, 0.3) is 0 Å². The molecule has 0 bridgehead atoms. The van der Waals surface area contributed by atoms with Crippen molar-refractivity contribution in [1.29, 1.82) is 0 Å². The Labute approximate surface area is 165 Å². The van der Waals surface area contributed by atoms with Crippen LogP contribution in [0.2, 0.25) is 5.02 Å². The van der Waals surface area contributed by atoms with Crippen LogP contribution in [0.4, 0.5) is 16.0 Å². The summed E-state index contributed by atoms with van der Waals surface area (Å²) in [5, 5.41) is 0.131. The van der Waals surface area contributed by atoms with Gasteiger partial charge in [0.1, 0.15) is 11.4 Å². The molecule has 1 aliphatic carbocycles. The zero-order valence-electron chi connectivity index (χ0n) is 14.6. The second-order valence-electron chi connectivity index (χ2n) is 6.49. The molecule has 3 aromatic rings. The largest absolute Gasteiger partial charge is 0.438 e. The summed E-state index contributed by atoms with van der Waals surface area (Å²) in [6.45, 7) is 0. The van der Waals surface area contributed by atoms with E-state index in [1.165, 1.54) is 18.3 Å². The Morgan fingerprint density at radius 3 is 2.71 bits per heavy atom. The summed E-state index contributed by atoms with van der Waals surface area (Å²) < 4.78 is 46.2. The molecule has 0 amide bonds. The Morgan fingerprint density at radius 2 is 2.07 bits per heavy atom. The third-order valence-corrected chi connectivity index (χ3v) is 4.87. The van der Waals surface area contributed by atoms with Gasteiger partial charge < -0.3 is 10.2 Å². The molecule has 28 heavy (non-hydrogen) atoms. The van der Waals surface area contributed by atoms with Gasteiger partial charge >= 0.3 is 0 Å². The number of halogens is 2. The lowest BCUT2D eigenvalue weighted by atomic mass is 10.1. The third-order valence-electron chi connectivity index (χ3n) is 4.07. The Kier molecular flexibility index (Phi) is 4.47. The number of benzene rings is 1. The minimum Gasteiger partial charge on any atom is -0.438 e. The van der Waals surface area contributed by atoms with Crippen LogP contribution >= 0.6 is 11.6 Å². The Balaban J connectivity index is 1.92. The van der Waals surface area contributed by atoms with Gasteiger partial charge in [0.05, 0.1) is 11.9 Å². The first-order chi connectivity index (χ1) is 13.2. The van der Waals surface area contributed by atoms with Crippen molar-refractivity contribution < 1.29 is 17.2 Å². The molecule has 0 aliphatic heterocycles. The summed E-state index contributed by atoms with van der Waals surface area (Å²) in [5.74, 6) is 0.0248.